The number of benzene rings is 1. The Labute approximate surface area is 126 Å². The van der Waals surface area contributed by atoms with Crippen LogP contribution in [-0.4, -0.2) is 44.2 Å². The molecule has 2 N–H and O–H groups in total. The minimum atomic E-state index is -0.0345. The van der Waals surface area contributed by atoms with Gasteiger partial charge in [0.1, 0.15) is 11.5 Å². The molecule has 0 radical (unpaired) electrons. The average Bonchev–Trinajstić information content (AvgIpc) is 2.53. The number of likely N-dealkylation sites (tertiary alicyclic amines) is 1. The highest BCUT2D eigenvalue weighted by atomic mass is 16.5. The third-order valence-electron chi connectivity index (χ3n) is 4.26. The Kier molecular flexibility index (Phi) is 5.07. The fraction of sp³-hybridized carbons (Fsp3) is 0.562. The summed E-state index contributed by atoms with van der Waals surface area (Å²) in [4.78, 5) is 14.8. The van der Waals surface area contributed by atoms with Gasteiger partial charge in [-0.3, -0.25) is 4.79 Å². The lowest BCUT2D eigenvalue weighted by Crippen LogP contribution is -2.51. The van der Waals surface area contributed by atoms with E-state index in [-0.39, 0.29) is 11.9 Å². The van der Waals surface area contributed by atoms with Crippen molar-refractivity contribution in [2.24, 2.45) is 11.7 Å². The summed E-state index contributed by atoms with van der Waals surface area (Å²) in [5, 5.41) is 0. The number of carbonyl (C=O) groups is 1. The minimum absolute atomic E-state index is 0.0345. The molecule has 21 heavy (non-hydrogen) atoms. The Morgan fingerprint density at radius 2 is 2.14 bits per heavy atom. The van der Waals surface area contributed by atoms with Gasteiger partial charge >= 0.3 is 0 Å². The van der Waals surface area contributed by atoms with Gasteiger partial charge in [-0.15, -0.1) is 0 Å². The summed E-state index contributed by atoms with van der Waals surface area (Å²) >= 11 is 0. The van der Waals surface area contributed by atoms with Crippen molar-refractivity contribution in [1.82, 2.24) is 4.90 Å². The number of rotatable bonds is 4. The van der Waals surface area contributed by atoms with Crippen LogP contribution in [0.25, 0.3) is 0 Å². The van der Waals surface area contributed by atoms with Gasteiger partial charge in [0.2, 0.25) is 0 Å². The predicted octanol–water partition coefficient (Wildman–Crippen LogP) is 1.90. The Morgan fingerprint density at radius 3 is 2.76 bits per heavy atom. The van der Waals surface area contributed by atoms with Crippen LogP contribution in [0.2, 0.25) is 0 Å². The van der Waals surface area contributed by atoms with Gasteiger partial charge in [0.25, 0.3) is 5.91 Å². The first-order chi connectivity index (χ1) is 10.1. The monoisotopic (exact) mass is 292 g/mol. The van der Waals surface area contributed by atoms with E-state index in [1.165, 1.54) is 0 Å². The maximum Gasteiger partial charge on any atom is 0.258 e. The van der Waals surface area contributed by atoms with Crippen molar-refractivity contribution in [2.75, 3.05) is 27.3 Å². The zero-order valence-corrected chi connectivity index (χ0v) is 13.0. The van der Waals surface area contributed by atoms with Crippen LogP contribution in [0.5, 0.6) is 11.5 Å². The quantitative estimate of drug-likeness (QED) is 0.920. The molecule has 2 rings (SSSR count). The maximum atomic E-state index is 12.9. The highest BCUT2D eigenvalue weighted by Gasteiger charge is 2.32. The highest BCUT2D eigenvalue weighted by Crippen LogP contribution is 2.29. The average molecular weight is 292 g/mol. The van der Waals surface area contributed by atoms with Crippen LogP contribution in [-0.2, 0) is 0 Å². The van der Waals surface area contributed by atoms with Gasteiger partial charge in [-0.1, -0.05) is 6.92 Å². The van der Waals surface area contributed by atoms with Crippen LogP contribution in [0.4, 0.5) is 0 Å². The molecule has 0 aromatic heterocycles. The molecule has 2 atom stereocenters. The van der Waals surface area contributed by atoms with Crippen LogP contribution in [0, 0.1) is 5.92 Å². The molecule has 1 fully saturated rings. The van der Waals surface area contributed by atoms with Gasteiger partial charge in [-0.25, -0.2) is 0 Å². The summed E-state index contributed by atoms with van der Waals surface area (Å²) in [6.45, 7) is 3.38. The van der Waals surface area contributed by atoms with E-state index in [1.807, 2.05) is 4.90 Å². The largest absolute Gasteiger partial charge is 0.497 e. The number of nitrogens with two attached hydrogens (primary N) is 1. The van der Waals surface area contributed by atoms with Gasteiger partial charge in [0.15, 0.2) is 0 Å². The first-order valence-corrected chi connectivity index (χ1v) is 7.35. The molecule has 116 valence electrons. The van der Waals surface area contributed by atoms with Crippen molar-refractivity contribution < 1.29 is 14.3 Å². The molecule has 0 saturated carbocycles. The van der Waals surface area contributed by atoms with Gasteiger partial charge < -0.3 is 20.1 Å². The molecular formula is C16H24N2O3. The fourth-order valence-corrected chi connectivity index (χ4v) is 3.00. The van der Waals surface area contributed by atoms with Crippen LogP contribution in [0.1, 0.15) is 30.1 Å². The number of hydrogen-bond acceptors (Lipinski definition) is 4. The van der Waals surface area contributed by atoms with Gasteiger partial charge in [0.05, 0.1) is 19.8 Å². The number of amides is 1. The molecule has 1 heterocycles. The normalized spacial score (nSPS) is 22.0. The lowest BCUT2D eigenvalue weighted by atomic mass is 9.90. The van der Waals surface area contributed by atoms with E-state index >= 15 is 0 Å². The molecule has 1 aliphatic rings. The summed E-state index contributed by atoms with van der Waals surface area (Å²) in [5.41, 5.74) is 6.41. The minimum Gasteiger partial charge on any atom is -0.497 e. The van der Waals surface area contributed by atoms with Gasteiger partial charge in [0, 0.05) is 19.1 Å². The molecule has 1 amide bonds. The fourth-order valence-electron chi connectivity index (χ4n) is 3.00. The molecule has 5 heteroatoms. The molecule has 2 unspecified atom stereocenters. The second-order valence-corrected chi connectivity index (χ2v) is 5.49. The van der Waals surface area contributed by atoms with E-state index < -0.39 is 0 Å². The van der Waals surface area contributed by atoms with E-state index in [9.17, 15) is 4.79 Å². The molecule has 0 spiro atoms. The molecule has 1 aromatic rings. The Balaban J connectivity index is 2.33. The highest BCUT2D eigenvalue weighted by molar-refractivity contribution is 5.97. The van der Waals surface area contributed by atoms with Crippen molar-refractivity contribution in [1.29, 1.82) is 0 Å². The summed E-state index contributed by atoms with van der Waals surface area (Å²) in [6, 6.07) is 5.36. The van der Waals surface area contributed by atoms with Crippen molar-refractivity contribution in [3.8, 4) is 11.5 Å². The first-order valence-electron chi connectivity index (χ1n) is 7.35. The van der Waals surface area contributed by atoms with Crippen LogP contribution in [0.3, 0.4) is 0 Å². The smallest absolute Gasteiger partial charge is 0.258 e. The van der Waals surface area contributed by atoms with Crippen molar-refractivity contribution >= 4 is 5.91 Å². The number of piperidine rings is 1. The molecule has 1 saturated heterocycles. The predicted molar refractivity (Wildman–Crippen MR) is 81.8 cm³/mol. The van der Waals surface area contributed by atoms with Gasteiger partial charge in [-0.2, -0.15) is 0 Å². The molecule has 1 aliphatic heterocycles. The van der Waals surface area contributed by atoms with E-state index in [1.54, 1.807) is 32.4 Å². The lowest BCUT2D eigenvalue weighted by Gasteiger charge is -2.39. The number of nitrogens with zero attached hydrogens (tertiary/aromatic N) is 1. The van der Waals surface area contributed by atoms with Crippen molar-refractivity contribution in [2.45, 2.75) is 25.8 Å². The zero-order valence-electron chi connectivity index (χ0n) is 13.0. The van der Waals surface area contributed by atoms with E-state index in [0.29, 0.717) is 29.5 Å². The summed E-state index contributed by atoms with van der Waals surface area (Å²) in [5.74, 6) is 1.60. The lowest BCUT2D eigenvalue weighted by molar-refractivity contribution is 0.0529. The zero-order chi connectivity index (χ0) is 15.4. The molecular weight excluding hydrogens is 268 g/mol. The second-order valence-electron chi connectivity index (χ2n) is 5.49. The number of ether oxygens (including phenoxy) is 2. The molecule has 5 nitrogen and oxygen atoms in total. The summed E-state index contributed by atoms with van der Waals surface area (Å²) < 4.78 is 10.5. The number of carbonyl (C=O) groups excluding carboxylic acids is 1. The van der Waals surface area contributed by atoms with Crippen LogP contribution >= 0.6 is 0 Å². The van der Waals surface area contributed by atoms with Crippen LogP contribution in [0.15, 0.2) is 18.2 Å². The van der Waals surface area contributed by atoms with E-state index in [4.69, 9.17) is 15.2 Å². The molecule has 1 aromatic carbocycles. The molecule has 0 bridgehead atoms. The number of methoxy groups -OCH3 is 2. The van der Waals surface area contributed by atoms with E-state index in [0.717, 1.165) is 19.4 Å². The standard InChI is InChI=1S/C16H24N2O3/c1-11-5-4-8-18(14(11)10-17)16(19)13-9-12(20-2)6-7-15(13)21-3/h6-7,9,11,14H,4-5,8,10,17H2,1-3H3. The van der Waals surface area contributed by atoms with E-state index in [2.05, 4.69) is 6.92 Å². The summed E-state index contributed by atoms with van der Waals surface area (Å²) in [7, 11) is 3.15. The third-order valence-corrected chi connectivity index (χ3v) is 4.26. The second kappa shape index (κ2) is 6.80. The Morgan fingerprint density at radius 1 is 1.38 bits per heavy atom. The SMILES string of the molecule is COc1ccc(OC)c(C(=O)N2CCCC(C)C2CN)c1. The Hall–Kier alpha value is -1.75. The summed E-state index contributed by atoms with van der Waals surface area (Å²) in [6.07, 6.45) is 2.12. The Bertz CT molecular complexity index is 504. The van der Waals surface area contributed by atoms with Gasteiger partial charge in [-0.05, 0) is 37.0 Å². The van der Waals surface area contributed by atoms with Crippen molar-refractivity contribution in [3.05, 3.63) is 23.8 Å². The third kappa shape index (κ3) is 3.13. The first kappa shape index (κ1) is 15.6. The molecule has 0 aliphatic carbocycles. The number of hydrogen-bond donors (Lipinski definition) is 1. The van der Waals surface area contributed by atoms with Crippen LogP contribution < -0.4 is 15.2 Å². The maximum absolute atomic E-state index is 12.9. The van der Waals surface area contributed by atoms with Crippen molar-refractivity contribution in [3.63, 3.8) is 0 Å². The topological polar surface area (TPSA) is 64.8 Å².